The molecule has 0 aromatic heterocycles. The number of nitrogens with one attached hydrogen (secondary N) is 2. The van der Waals surface area contributed by atoms with Gasteiger partial charge in [0.1, 0.15) is 5.82 Å². The molecule has 200 valence electrons. The van der Waals surface area contributed by atoms with Gasteiger partial charge in [0.2, 0.25) is 15.9 Å². The number of benzene rings is 3. The number of carboxylic acid groups (broad SMARTS) is 1. The van der Waals surface area contributed by atoms with Crippen LogP contribution in [0.25, 0.3) is 11.1 Å². The van der Waals surface area contributed by atoms with E-state index >= 15 is 0 Å². The van der Waals surface area contributed by atoms with E-state index in [1.54, 1.807) is 48.5 Å². The van der Waals surface area contributed by atoms with Gasteiger partial charge in [-0.1, -0.05) is 48.5 Å². The van der Waals surface area contributed by atoms with E-state index < -0.39 is 16.0 Å². The Hall–Kier alpha value is -3.56. The van der Waals surface area contributed by atoms with Crippen LogP contribution in [0.2, 0.25) is 0 Å². The van der Waals surface area contributed by atoms with Crippen molar-refractivity contribution in [1.82, 2.24) is 10.0 Å². The summed E-state index contributed by atoms with van der Waals surface area (Å²) in [5.41, 5.74) is 3.20. The molecule has 7 nitrogen and oxygen atoms in total. The number of halogens is 1. The first-order valence-corrected chi connectivity index (χ1v) is 14.1. The van der Waals surface area contributed by atoms with Gasteiger partial charge in [-0.25, -0.2) is 17.5 Å². The number of hydrogen-bond acceptors (Lipinski definition) is 4. The summed E-state index contributed by atoms with van der Waals surface area (Å²) in [6.45, 7) is 1.85. The topological polar surface area (TPSA) is 113 Å². The molecular weight excluding hydrogens is 507 g/mol. The molecule has 0 heterocycles. The van der Waals surface area contributed by atoms with Crippen LogP contribution in [0.15, 0.2) is 77.7 Å². The highest BCUT2D eigenvalue weighted by Gasteiger charge is 2.29. The highest BCUT2D eigenvalue weighted by atomic mass is 32.2. The third-order valence-electron chi connectivity index (χ3n) is 6.96. The molecule has 0 bridgehead atoms. The number of amides is 1. The monoisotopic (exact) mass is 538 g/mol. The lowest BCUT2D eigenvalue weighted by molar-refractivity contribution is -0.136. The Bertz CT molecular complexity index is 1370. The lowest BCUT2D eigenvalue weighted by atomic mass is 9.85. The van der Waals surface area contributed by atoms with E-state index in [-0.39, 0.29) is 41.0 Å². The molecule has 0 spiro atoms. The van der Waals surface area contributed by atoms with E-state index in [2.05, 4.69) is 10.0 Å². The average Bonchev–Trinajstić information content (AvgIpc) is 2.89. The summed E-state index contributed by atoms with van der Waals surface area (Å²) < 4.78 is 41.9. The van der Waals surface area contributed by atoms with Crippen molar-refractivity contribution in [2.75, 3.05) is 0 Å². The molecule has 3 aromatic rings. The fourth-order valence-corrected chi connectivity index (χ4v) is 6.05. The zero-order valence-corrected chi connectivity index (χ0v) is 21.9. The number of hydrogen-bond donors (Lipinski definition) is 3. The van der Waals surface area contributed by atoms with Crippen LogP contribution in [-0.2, 0) is 26.0 Å². The van der Waals surface area contributed by atoms with E-state index in [1.165, 1.54) is 12.1 Å². The fraction of sp³-hybridized carbons (Fsp3) is 0.310. The number of sulfonamides is 1. The van der Waals surface area contributed by atoms with Gasteiger partial charge in [-0.05, 0) is 79.1 Å². The molecule has 1 aliphatic carbocycles. The van der Waals surface area contributed by atoms with Crippen LogP contribution in [0.4, 0.5) is 4.39 Å². The van der Waals surface area contributed by atoms with Gasteiger partial charge in [0.05, 0.1) is 17.4 Å². The Balaban J connectivity index is 1.29. The number of carbonyl (C=O) groups excluding carboxylic acids is 1. The molecule has 0 aliphatic heterocycles. The summed E-state index contributed by atoms with van der Waals surface area (Å²) in [6, 6.07) is 19.2. The third kappa shape index (κ3) is 7.05. The van der Waals surface area contributed by atoms with Gasteiger partial charge in [0.25, 0.3) is 0 Å². The highest BCUT2D eigenvalue weighted by molar-refractivity contribution is 7.89. The Morgan fingerprint density at radius 3 is 2.00 bits per heavy atom. The van der Waals surface area contributed by atoms with Gasteiger partial charge < -0.3 is 10.4 Å². The smallest absolute Gasteiger partial charge is 0.307 e. The number of aliphatic carboxylic acids is 1. The quantitative estimate of drug-likeness (QED) is 0.361. The van der Waals surface area contributed by atoms with Crippen LogP contribution in [0.3, 0.4) is 0 Å². The molecule has 1 amide bonds. The van der Waals surface area contributed by atoms with Crippen LogP contribution in [0.1, 0.15) is 49.8 Å². The van der Waals surface area contributed by atoms with Crippen molar-refractivity contribution < 1.29 is 27.5 Å². The maximum Gasteiger partial charge on any atom is 0.307 e. The largest absolute Gasteiger partial charge is 0.481 e. The zero-order valence-electron chi connectivity index (χ0n) is 21.1. The van der Waals surface area contributed by atoms with Crippen LogP contribution in [0, 0.1) is 11.7 Å². The summed E-state index contributed by atoms with van der Waals surface area (Å²) in [6.07, 6.45) is 2.22. The van der Waals surface area contributed by atoms with E-state index in [1.807, 2.05) is 19.1 Å². The number of carbonyl (C=O) groups is 2. The summed E-state index contributed by atoms with van der Waals surface area (Å²) in [7, 11) is -3.72. The SMILES string of the molecule is C[C@@H](NC(=O)C1CCC(NS(=O)(=O)c2ccc(-c3ccc(CC(=O)O)cc3)cc2)CC1)c1ccc(F)cc1. The minimum absolute atomic E-state index is 0.0508. The van der Waals surface area contributed by atoms with Crippen molar-refractivity contribution in [2.45, 2.75) is 56.0 Å². The predicted octanol–water partition coefficient (Wildman–Crippen LogP) is 4.83. The first-order valence-electron chi connectivity index (χ1n) is 12.6. The van der Waals surface area contributed by atoms with Crippen LogP contribution >= 0.6 is 0 Å². The second kappa shape index (κ2) is 11.9. The molecule has 1 saturated carbocycles. The van der Waals surface area contributed by atoms with E-state index in [4.69, 9.17) is 5.11 Å². The van der Waals surface area contributed by atoms with E-state index in [0.29, 0.717) is 31.2 Å². The second-order valence-electron chi connectivity index (χ2n) is 9.74. The first kappa shape index (κ1) is 27.5. The Morgan fingerprint density at radius 1 is 0.895 bits per heavy atom. The van der Waals surface area contributed by atoms with Crippen LogP contribution < -0.4 is 10.0 Å². The normalized spacial score (nSPS) is 18.5. The molecule has 0 unspecified atom stereocenters. The van der Waals surface area contributed by atoms with Crippen LogP contribution in [-0.4, -0.2) is 31.4 Å². The second-order valence-corrected chi connectivity index (χ2v) is 11.5. The van der Waals surface area contributed by atoms with Crippen LogP contribution in [0.5, 0.6) is 0 Å². The molecule has 0 saturated heterocycles. The Labute approximate surface area is 222 Å². The van der Waals surface area contributed by atoms with E-state index in [9.17, 15) is 22.4 Å². The lowest BCUT2D eigenvalue weighted by Crippen LogP contribution is -2.41. The standard InChI is InChI=1S/C29H31FN2O5S/c1-19(21-6-12-25(30)13-7-21)31-29(35)24-8-14-26(15-9-24)32-38(36,37)27-16-10-23(11-17-27)22-4-2-20(3-5-22)18-28(33)34/h2-7,10-13,16-17,19,24,26,32H,8-9,14-15,18H2,1H3,(H,31,35)(H,33,34)/t19-,24?,26?/m1/s1. The van der Waals surface area contributed by atoms with Crippen molar-refractivity contribution in [3.8, 4) is 11.1 Å². The molecule has 1 aliphatic rings. The van der Waals surface area contributed by atoms with Gasteiger partial charge in [0, 0.05) is 12.0 Å². The molecule has 3 N–H and O–H groups in total. The Kier molecular flexibility index (Phi) is 8.58. The summed E-state index contributed by atoms with van der Waals surface area (Å²) in [5.74, 6) is -1.49. The first-order chi connectivity index (χ1) is 18.1. The molecule has 1 atom stereocenters. The zero-order chi connectivity index (χ0) is 27.3. The predicted molar refractivity (Wildman–Crippen MR) is 142 cm³/mol. The summed E-state index contributed by atoms with van der Waals surface area (Å²) in [5, 5.41) is 11.9. The highest BCUT2D eigenvalue weighted by Crippen LogP contribution is 2.27. The Morgan fingerprint density at radius 2 is 1.45 bits per heavy atom. The molecule has 9 heteroatoms. The fourth-order valence-electron chi connectivity index (χ4n) is 4.74. The molecule has 3 aromatic carbocycles. The van der Waals surface area contributed by atoms with Gasteiger partial charge in [-0.2, -0.15) is 0 Å². The minimum Gasteiger partial charge on any atom is -0.481 e. The average molecular weight is 539 g/mol. The van der Waals surface area contributed by atoms with Crippen molar-refractivity contribution in [3.05, 3.63) is 89.7 Å². The van der Waals surface area contributed by atoms with Crippen molar-refractivity contribution in [2.24, 2.45) is 5.92 Å². The van der Waals surface area contributed by atoms with Crippen molar-refractivity contribution in [3.63, 3.8) is 0 Å². The summed E-state index contributed by atoms with van der Waals surface area (Å²) in [4.78, 5) is 23.7. The van der Waals surface area contributed by atoms with Gasteiger partial charge in [0.15, 0.2) is 0 Å². The molecule has 0 radical (unpaired) electrons. The lowest BCUT2D eigenvalue weighted by Gasteiger charge is -2.29. The van der Waals surface area contributed by atoms with Gasteiger partial charge in [-0.3, -0.25) is 9.59 Å². The summed E-state index contributed by atoms with van der Waals surface area (Å²) >= 11 is 0. The number of rotatable bonds is 9. The van der Waals surface area contributed by atoms with Crippen molar-refractivity contribution in [1.29, 1.82) is 0 Å². The van der Waals surface area contributed by atoms with Crippen molar-refractivity contribution >= 4 is 21.9 Å². The molecular formula is C29H31FN2O5S. The van der Waals surface area contributed by atoms with Gasteiger partial charge >= 0.3 is 5.97 Å². The minimum atomic E-state index is -3.72. The molecule has 4 rings (SSSR count). The van der Waals surface area contributed by atoms with E-state index in [0.717, 1.165) is 16.7 Å². The van der Waals surface area contributed by atoms with Gasteiger partial charge in [-0.15, -0.1) is 0 Å². The molecule has 1 fully saturated rings. The number of carboxylic acids is 1. The maximum absolute atomic E-state index is 13.1. The third-order valence-corrected chi connectivity index (χ3v) is 8.49. The maximum atomic E-state index is 13.1. The molecule has 38 heavy (non-hydrogen) atoms.